The number of para-hydroxylation sites is 1. The van der Waals surface area contributed by atoms with E-state index in [-0.39, 0.29) is 6.42 Å². The summed E-state index contributed by atoms with van der Waals surface area (Å²) < 4.78 is 1.07. The number of hydrogen-bond donors (Lipinski definition) is 1. The average Bonchev–Trinajstić information content (AvgIpc) is 2.92. The Labute approximate surface area is 132 Å². The highest BCUT2D eigenvalue weighted by Gasteiger charge is 2.12. The van der Waals surface area contributed by atoms with Crippen molar-refractivity contribution in [1.82, 2.24) is 4.98 Å². The van der Waals surface area contributed by atoms with Crippen LogP contribution in [0.4, 0.5) is 0 Å². The lowest BCUT2D eigenvalue weighted by atomic mass is 10.1. The van der Waals surface area contributed by atoms with Gasteiger partial charge in [0.15, 0.2) is 0 Å². The minimum Gasteiger partial charge on any atom is -0.481 e. The highest BCUT2D eigenvalue weighted by Crippen LogP contribution is 2.30. The highest BCUT2D eigenvalue weighted by molar-refractivity contribution is 7.19. The number of carbonyl (C=O) groups is 1. The Morgan fingerprint density at radius 1 is 1.18 bits per heavy atom. The zero-order chi connectivity index (χ0) is 15.5. The van der Waals surface area contributed by atoms with Gasteiger partial charge in [-0.1, -0.05) is 42.0 Å². The van der Waals surface area contributed by atoms with Gasteiger partial charge in [-0.3, -0.25) is 4.79 Å². The first-order valence-corrected chi connectivity index (χ1v) is 7.78. The first-order valence-electron chi connectivity index (χ1n) is 6.97. The van der Waals surface area contributed by atoms with Gasteiger partial charge in [-0.05, 0) is 36.3 Å². The van der Waals surface area contributed by atoms with Crippen molar-refractivity contribution < 1.29 is 9.90 Å². The zero-order valence-corrected chi connectivity index (χ0v) is 12.9. The number of carboxylic acid groups (broad SMARTS) is 1. The van der Waals surface area contributed by atoms with E-state index >= 15 is 0 Å². The predicted molar refractivity (Wildman–Crippen MR) is 90.9 cm³/mol. The first-order chi connectivity index (χ1) is 10.6. The summed E-state index contributed by atoms with van der Waals surface area (Å²) >= 11 is 1.53. The molecule has 0 aliphatic rings. The maximum atomic E-state index is 11.2. The van der Waals surface area contributed by atoms with E-state index < -0.39 is 5.97 Å². The van der Waals surface area contributed by atoms with Crippen LogP contribution in [0.5, 0.6) is 0 Å². The van der Waals surface area contributed by atoms with Gasteiger partial charge in [0.25, 0.3) is 0 Å². The molecule has 0 saturated heterocycles. The van der Waals surface area contributed by atoms with E-state index in [0.29, 0.717) is 0 Å². The third kappa shape index (κ3) is 3.23. The molecule has 0 aliphatic heterocycles. The number of aromatic nitrogens is 1. The summed E-state index contributed by atoms with van der Waals surface area (Å²) in [6.45, 7) is 2.03. The molecule has 1 heterocycles. The maximum absolute atomic E-state index is 11.2. The number of thiazole rings is 1. The summed E-state index contributed by atoms with van der Waals surface area (Å²) in [6.07, 6.45) is 1.87. The van der Waals surface area contributed by atoms with Crippen LogP contribution in [0.1, 0.15) is 22.6 Å². The van der Waals surface area contributed by atoms with Crippen molar-refractivity contribution in [2.45, 2.75) is 13.3 Å². The average molecular weight is 309 g/mol. The van der Waals surface area contributed by atoms with Gasteiger partial charge in [0.2, 0.25) is 0 Å². The van der Waals surface area contributed by atoms with Gasteiger partial charge in [-0.2, -0.15) is 0 Å². The molecule has 0 bridgehead atoms. The summed E-state index contributed by atoms with van der Waals surface area (Å²) in [7, 11) is 0. The lowest BCUT2D eigenvalue weighted by Crippen LogP contribution is -1.97. The molecule has 3 nitrogen and oxygen atoms in total. The second-order valence-corrected chi connectivity index (χ2v) is 6.17. The molecule has 0 aliphatic carbocycles. The van der Waals surface area contributed by atoms with Gasteiger partial charge in [-0.15, -0.1) is 11.3 Å². The second kappa shape index (κ2) is 6.12. The number of rotatable bonds is 4. The number of carboxylic acids is 1. The molecule has 1 N–H and O–H groups in total. The van der Waals surface area contributed by atoms with E-state index in [1.807, 2.05) is 61.5 Å². The molecule has 0 saturated carbocycles. The van der Waals surface area contributed by atoms with Gasteiger partial charge in [0.05, 0.1) is 16.6 Å². The number of benzene rings is 2. The summed E-state index contributed by atoms with van der Waals surface area (Å²) in [5.41, 5.74) is 3.80. The highest BCUT2D eigenvalue weighted by atomic mass is 32.1. The summed E-state index contributed by atoms with van der Waals surface area (Å²) in [4.78, 5) is 15.7. The maximum Gasteiger partial charge on any atom is 0.307 e. The van der Waals surface area contributed by atoms with Crippen molar-refractivity contribution in [3.8, 4) is 0 Å². The van der Waals surface area contributed by atoms with E-state index in [1.54, 1.807) is 0 Å². The fraction of sp³-hybridized carbons (Fsp3) is 0.111. The van der Waals surface area contributed by atoms with Gasteiger partial charge in [0, 0.05) is 0 Å². The normalized spacial score (nSPS) is 11.8. The molecule has 2 aromatic carbocycles. The molecule has 1 aromatic heterocycles. The van der Waals surface area contributed by atoms with Crippen LogP contribution in [0.3, 0.4) is 0 Å². The van der Waals surface area contributed by atoms with Gasteiger partial charge < -0.3 is 5.11 Å². The van der Waals surface area contributed by atoms with Crippen LogP contribution in [0, 0.1) is 6.92 Å². The Balaban J connectivity index is 2.05. The summed E-state index contributed by atoms with van der Waals surface area (Å²) in [5.74, 6) is -0.849. The number of nitrogens with zero attached hydrogens (tertiary/aromatic N) is 1. The molecular formula is C18H15NO2S. The van der Waals surface area contributed by atoms with E-state index in [0.717, 1.165) is 26.4 Å². The fourth-order valence-corrected chi connectivity index (χ4v) is 3.20. The molecule has 0 spiro atoms. The van der Waals surface area contributed by atoms with Crippen LogP contribution in [0.25, 0.3) is 21.9 Å². The number of fused-ring (bicyclic) bond motifs is 1. The first kappa shape index (κ1) is 14.5. The Hall–Kier alpha value is -2.46. The Morgan fingerprint density at radius 2 is 1.91 bits per heavy atom. The number of aliphatic carboxylic acids is 1. The Kier molecular flexibility index (Phi) is 4.02. The summed E-state index contributed by atoms with van der Waals surface area (Å²) in [6, 6.07) is 15.9. The molecule has 22 heavy (non-hydrogen) atoms. The molecule has 3 aromatic rings. The van der Waals surface area contributed by atoms with Gasteiger partial charge in [0.1, 0.15) is 5.01 Å². The van der Waals surface area contributed by atoms with E-state index in [4.69, 9.17) is 0 Å². The number of hydrogen-bond acceptors (Lipinski definition) is 3. The van der Waals surface area contributed by atoms with Gasteiger partial charge in [-0.25, -0.2) is 4.98 Å². The van der Waals surface area contributed by atoms with Crippen molar-refractivity contribution >= 4 is 39.2 Å². The van der Waals surface area contributed by atoms with Crippen molar-refractivity contribution in [2.75, 3.05) is 0 Å². The van der Waals surface area contributed by atoms with Gasteiger partial charge >= 0.3 is 5.97 Å². The third-order valence-electron chi connectivity index (χ3n) is 3.33. The third-order valence-corrected chi connectivity index (χ3v) is 4.44. The molecule has 0 radical (unpaired) electrons. The van der Waals surface area contributed by atoms with Crippen molar-refractivity contribution in [3.05, 3.63) is 64.7 Å². The van der Waals surface area contributed by atoms with Crippen LogP contribution < -0.4 is 0 Å². The van der Waals surface area contributed by atoms with Crippen molar-refractivity contribution in [2.24, 2.45) is 0 Å². The van der Waals surface area contributed by atoms with Crippen molar-refractivity contribution in [3.63, 3.8) is 0 Å². The fourth-order valence-electron chi connectivity index (χ4n) is 2.22. The SMILES string of the molecule is Cc1ccc(/C=C(\CC(=O)O)c2nc3ccccc3s2)cc1. The minimum atomic E-state index is -0.849. The van der Waals surface area contributed by atoms with E-state index in [9.17, 15) is 9.90 Å². The standard InChI is InChI=1S/C18H15NO2S/c1-12-6-8-13(9-7-12)10-14(11-17(20)21)18-19-15-4-2-3-5-16(15)22-18/h2-10H,11H2,1H3,(H,20,21)/b14-10+. The smallest absolute Gasteiger partial charge is 0.307 e. The van der Waals surface area contributed by atoms with Crippen LogP contribution >= 0.6 is 11.3 Å². The lowest BCUT2D eigenvalue weighted by Gasteiger charge is -2.02. The summed E-state index contributed by atoms with van der Waals surface area (Å²) in [5, 5.41) is 9.95. The molecular weight excluding hydrogens is 294 g/mol. The molecule has 0 unspecified atom stereocenters. The van der Waals surface area contributed by atoms with E-state index in [1.165, 1.54) is 16.9 Å². The second-order valence-electron chi connectivity index (χ2n) is 5.14. The van der Waals surface area contributed by atoms with E-state index in [2.05, 4.69) is 4.98 Å². The largest absolute Gasteiger partial charge is 0.481 e. The number of aryl methyl sites for hydroxylation is 1. The molecule has 0 atom stereocenters. The topological polar surface area (TPSA) is 50.2 Å². The minimum absolute atomic E-state index is 0.0340. The zero-order valence-electron chi connectivity index (χ0n) is 12.1. The predicted octanol–water partition coefficient (Wildman–Crippen LogP) is 4.62. The monoisotopic (exact) mass is 309 g/mol. The molecule has 3 rings (SSSR count). The Bertz CT molecular complexity index is 814. The Morgan fingerprint density at radius 3 is 2.59 bits per heavy atom. The quantitative estimate of drug-likeness (QED) is 0.765. The molecule has 0 fully saturated rings. The van der Waals surface area contributed by atoms with Crippen LogP contribution in [-0.4, -0.2) is 16.1 Å². The lowest BCUT2D eigenvalue weighted by molar-refractivity contribution is -0.135. The molecule has 110 valence electrons. The van der Waals surface area contributed by atoms with Crippen molar-refractivity contribution in [1.29, 1.82) is 0 Å². The van der Waals surface area contributed by atoms with Crippen LogP contribution in [0.2, 0.25) is 0 Å². The molecule has 0 amide bonds. The molecule has 4 heteroatoms. The van der Waals surface area contributed by atoms with Crippen LogP contribution in [-0.2, 0) is 4.79 Å². The van der Waals surface area contributed by atoms with Crippen LogP contribution in [0.15, 0.2) is 48.5 Å².